The molecule has 0 aliphatic rings. The zero-order valence-corrected chi connectivity index (χ0v) is 16.0. The molecule has 0 aliphatic heterocycles. The fourth-order valence-corrected chi connectivity index (χ4v) is 4.58. The minimum atomic E-state index is -3.94. The van der Waals surface area contributed by atoms with Crippen molar-refractivity contribution in [2.75, 3.05) is 13.2 Å². The van der Waals surface area contributed by atoms with Gasteiger partial charge >= 0.3 is 0 Å². The average Bonchev–Trinajstić information content (AvgIpc) is 2.96. The number of hydrogen-bond acceptors (Lipinski definition) is 5. The molecule has 0 atom stereocenters. The first-order valence-corrected chi connectivity index (χ1v) is 10.2. The number of rotatable bonds is 6. The highest BCUT2D eigenvalue weighted by Gasteiger charge is 2.19. The van der Waals surface area contributed by atoms with E-state index in [2.05, 4.69) is 25.6 Å². The highest BCUT2D eigenvalue weighted by Crippen LogP contribution is 2.33. The van der Waals surface area contributed by atoms with Crippen LogP contribution in [0.15, 0.2) is 39.1 Å². The second-order valence-corrected chi connectivity index (χ2v) is 9.09. The number of aromatic nitrogens is 1. The van der Waals surface area contributed by atoms with Crippen molar-refractivity contribution < 1.29 is 26.3 Å². The Morgan fingerprint density at radius 1 is 1.19 bits per heavy atom. The summed E-state index contributed by atoms with van der Waals surface area (Å²) in [6.45, 7) is -0.472. The number of nitrogens with zero attached hydrogens (tertiary/aromatic N) is 1. The summed E-state index contributed by atoms with van der Waals surface area (Å²) in [5.74, 6) is -3.38. The van der Waals surface area contributed by atoms with Crippen molar-refractivity contribution in [3.63, 3.8) is 0 Å². The third-order valence-corrected chi connectivity index (χ3v) is 6.18. The van der Waals surface area contributed by atoms with Gasteiger partial charge in [-0.15, -0.1) is 11.3 Å². The van der Waals surface area contributed by atoms with E-state index in [0.717, 1.165) is 23.5 Å². The highest BCUT2D eigenvalue weighted by atomic mass is 79.9. The van der Waals surface area contributed by atoms with Crippen molar-refractivity contribution >= 4 is 47.5 Å². The second-order valence-electron chi connectivity index (χ2n) is 5.02. The lowest BCUT2D eigenvalue weighted by atomic mass is 10.3. The van der Waals surface area contributed by atoms with Crippen LogP contribution in [0.25, 0.3) is 10.2 Å². The van der Waals surface area contributed by atoms with E-state index in [1.54, 1.807) is 0 Å². The van der Waals surface area contributed by atoms with Gasteiger partial charge in [0.1, 0.15) is 17.9 Å². The quantitative estimate of drug-likeness (QED) is 0.560. The van der Waals surface area contributed by atoms with E-state index in [-0.39, 0.29) is 29.3 Å². The molecule has 0 aliphatic carbocycles. The van der Waals surface area contributed by atoms with Crippen LogP contribution in [0.4, 0.5) is 13.2 Å². The average molecular weight is 467 g/mol. The Bertz CT molecular complexity index is 1070. The number of fused-ring (bicyclic) bond motifs is 1. The molecule has 11 heteroatoms. The molecule has 3 rings (SSSR count). The largest absolute Gasteiger partial charge is 0.489 e. The van der Waals surface area contributed by atoms with Crippen LogP contribution in [0.3, 0.4) is 0 Å². The maximum atomic E-state index is 14.0. The topological polar surface area (TPSA) is 68.3 Å². The summed E-state index contributed by atoms with van der Waals surface area (Å²) in [5.41, 5.74) is -0.112. The molecule has 0 spiro atoms. The molecule has 0 amide bonds. The van der Waals surface area contributed by atoms with Gasteiger partial charge in [-0.2, -0.15) is 4.39 Å². The maximum Gasteiger partial charge on any atom is 0.240 e. The molecule has 1 aromatic heterocycles. The van der Waals surface area contributed by atoms with Crippen molar-refractivity contribution in [3.8, 4) is 5.75 Å². The normalized spacial score (nSPS) is 11.8. The summed E-state index contributed by atoms with van der Waals surface area (Å²) in [6.07, 6.45) is 0. The Kier molecular flexibility index (Phi) is 5.51. The fraction of sp³-hybridized carbons (Fsp3) is 0.133. The van der Waals surface area contributed by atoms with Gasteiger partial charge in [-0.1, -0.05) is 6.07 Å². The van der Waals surface area contributed by atoms with Crippen LogP contribution in [-0.4, -0.2) is 26.6 Å². The first-order valence-electron chi connectivity index (χ1n) is 7.10. The molecular weight excluding hydrogens is 457 g/mol. The lowest BCUT2D eigenvalue weighted by Gasteiger charge is -2.10. The maximum absolute atomic E-state index is 14.0. The SMILES string of the molecule is O=S(=O)(NCCOc1cc2sc(Br)nc2c(F)c1F)c1cccc(F)c1. The summed E-state index contributed by atoms with van der Waals surface area (Å²) in [6, 6.07) is 5.77. The van der Waals surface area contributed by atoms with Crippen LogP contribution in [0.1, 0.15) is 0 Å². The van der Waals surface area contributed by atoms with Crippen LogP contribution in [0.2, 0.25) is 0 Å². The summed E-state index contributed by atoms with van der Waals surface area (Å²) in [5, 5.41) is 0. The van der Waals surface area contributed by atoms with Gasteiger partial charge in [0.25, 0.3) is 0 Å². The number of nitrogens with one attached hydrogen (secondary N) is 1. The number of ether oxygens (including phenoxy) is 1. The summed E-state index contributed by atoms with van der Waals surface area (Å²) < 4.78 is 73.2. The van der Waals surface area contributed by atoms with E-state index in [9.17, 15) is 21.6 Å². The van der Waals surface area contributed by atoms with Gasteiger partial charge in [0.2, 0.25) is 15.8 Å². The van der Waals surface area contributed by atoms with Gasteiger partial charge in [0.05, 0.1) is 9.60 Å². The minimum absolute atomic E-state index is 0.112. The van der Waals surface area contributed by atoms with Crippen molar-refractivity contribution in [2.24, 2.45) is 0 Å². The first kappa shape index (κ1) is 19.1. The van der Waals surface area contributed by atoms with Gasteiger partial charge in [0.15, 0.2) is 15.5 Å². The number of sulfonamides is 1. The predicted octanol–water partition coefficient (Wildman–Crippen LogP) is 3.83. The van der Waals surface area contributed by atoms with Gasteiger partial charge in [0, 0.05) is 12.6 Å². The fourth-order valence-electron chi connectivity index (χ4n) is 2.11. The van der Waals surface area contributed by atoms with Gasteiger partial charge in [-0.25, -0.2) is 26.9 Å². The van der Waals surface area contributed by atoms with E-state index >= 15 is 0 Å². The van der Waals surface area contributed by atoms with Crippen molar-refractivity contribution in [3.05, 3.63) is 51.7 Å². The van der Waals surface area contributed by atoms with Gasteiger partial charge in [-0.05, 0) is 34.1 Å². The zero-order valence-electron chi connectivity index (χ0n) is 12.8. The number of hydrogen-bond donors (Lipinski definition) is 1. The van der Waals surface area contributed by atoms with Crippen molar-refractivity contribution in [1.29, 1.82) is 0 Å². The Morgan fingerprint density at radius 2 is 1.96 bits per heavy atom. The Hall–Kier alpha value is -1.69. The van der Waals surface area contributed by atoms with E-state index in [0.29, 0.717) is 8.62 Å². The molecule has 26 heavy (non-hydrogen) atoms. The molecule has 0 saturated heterocycles. The van der Waals surface area contributed by atoms with Crippen LogP contribution >= 0.6 is 27.3 Å². The smallest absolute Gasteiger partial charge is 0.240 e. The van der Waals surface area contributed by atoms with Crippen LogP contribution < -0.4 is 9.46 Å². The Balaban J connectivity index is 1.67. The number of thiazole rings is 1. The van der Waals surface area contributed by atoms with E-state index in [1.807, 2.05) is 0 Å². The predicted molar refractivity (Wildman–Crippen MR) is 94.3 cm³/mol. The lowest BCUT2D eigenvalue weighted by molar-refractivity contribution is 0.301. The first-order chi connectivity index (χ1) is 12.3. The molecule has 5 nitrogen and oxygen atoms in total. The highest BCUT2D eigenvalue weighted by molar-refractivity contribution is 9.11. The molecule has 0 bridgehead atoms. The van der Waals surface area contributed by atoms with Gasteiger partial charge < -0.3 is 4.74 Å². The molecule has 1 N–H and O–H groups in total. The molecule has 2 aromatic carbocycles. The Labute approximate surface area is 159 Å². The third kappa shape index (κ3) is 4.00. The number of benzene rings is 2. The summed E-state index contributed by atoms with van der Waals surface area (Å²) in [4.78, 5) is 3.58. The van der Waals surface area contributed by atoms with E-state index in [1.165, 1.54) is 18.2 Å². The van der Waals surface area contributed by atoms with Crippen LogP contribution in [-0.2, 0) is 10.0 Å². The van der Waals surface area contributed by atoms with E-state index < -0.39 is 27.5 Å². The van der Waals surface area contributed by atoms with Crippen molar-refractivity contribution in [2.45, 2.75) is 4.90 Å². The van der Waals surface area contributed by atoms with Crippen molar-refractivity contribution in [1.82, 2.24) is 9.71 Å². The zero-order chi connectivity index (χ0) is 18.9. The third-order valence-electron chi connectivity index (χ3n) is 3.26. The molecule has 0 radical (unpaired) electrons. The standard InChI is InChI=1S/C15H10BrF3N2O3S2/c16-15-21-14-11(25-15)7-10(12(18)13(14)19)24-5-4-20-26(22,23)9-3-1-2-8(17)6-9/h1-3,6-7,20H,4-5H2. The Morgan fingerprint density at radius 3 is 2.69 bits per heavy atom. The molecule has 3 aromatic rings. The molecule has 138 valence electrons. The molecule has 0 unspecified atom stereocenters. The monoisotopic (exact) mass is 466 g/mol. The number of halogens is 4. The molecule has 0 saturated carbocycles. The van der Waals surface area contributed by atoms with Crippen LogP contribution in [0.5, 0.6) is 5.75 Å². The molecule has 0 fully saturated rings. The second kappa shape index (κ2) is 7.51. The van der Waals surface area contributed by atoms with Gasteiger partial charge in [-0.3, -0.25) is 0 Å². The van der Waals surface area contributed by atoms with Crippen LogP contribution in [0, 0.1) is 17.5 Å². The lowest BCUT2D eigenvalue weighted by Crippen LogP contribution is -2.28. The summed E-state index contributed by atoms with van der Waals surface area (Å²) in [7, 11) is -3.94. The summed E-state index contributed by atoms with van der Waals surface area (Å²) >= 11 is 4.20. The van der Waals surface area contributed by atoms with E-state index in [4.69, 9.17) is 4.74 Å². The molecule has 1 heterocycles. The minimum Gasteiger partial charge on any atom is -0.489 e. The molecular formula is C15H10BrF3N2O3S2.